The lowest BCUT2D eigenvalue weighted by Crippen LogP contribution is -2.12. The third kappa shape index (κ3) is 4.37. The van der Waals surface area contributed by atoms with Crippen LogP contribution in [-0.2, 0) is 11.2 Å². The van der Waals surface area contributed by atoms with E-state index in [0.29, 0.717) is 17.9 Å². The number of aromatic amines is 1. The molecule has 0 aliphatic carbocycles. The van der Waals surface area contributed by atoms with Gasteiger partial charge in [-0.05, 0) is 61.2 Å². The molecule has 0 radical (unpaired) electrons. The summed E-state index contributed by atoms with van der Waals surface area (Å²) < 4.78 is 5.38. The quantitative estimate of drug-likeness (QED) is 0.292. The van der Waals surface area contributed by atoms with Crippen molar-refractivity contribution in [1.82, 2.24) is 9.97 Å². The monoisotopic (exact) mass is 449 g/mol. The number of para-hydroxylation sites is 2. The van der Waals surface area contributed by atoms with Crippen LogP contribution in [0.2, 0.25) is 0 Å². The Kier molecular flexibility index (Phi) is 6.00. The highest BCUT2D eigenvalue weighted by Gasteiger charge is 2.15. The number of fused-ring (bicyclic) bond motifs is 2. The number of benzene rings is 3. The Bertz CT molecular complexity index is 1490. The van der Waals surface area contributed by atoms with Gasteiger partial charge in [-0.25, -0.2) is 4.98 Å². The summed E-state index contributed by atoms with van der Waals surface area (Å²) in [4.78, 5) is 21.2. The van der Waals surface area contributed by atoms with Gasteiger partial charge in [0.2, 0.25) is 5.91 Å². The molecule has 0 aliphatic heterocycles. The SMILES string of the molecule is COc1ccc(C)cc1NC(=O)CCCc1c(-c2ccc3ccccc3n2)[nH]c2ccccc12. The van der Waals surface area contributed by atoms with Crippen LogP contribution in [0.5, 0.6) is 5.75 Å². The van der Waals surface area contributed by atoms with E-state index in [1.54, 1.807) is 7.11 Å². The summed E-state index contributed by atoms with van der Waals surface area (Å²) in [5.41, 5.74) is 6.96. The maximum Gasteiger partial charge on any atom is 0.224 e. The van der Waals surface area contributed by atoms with E-state index in [4.69, 9.17) is 9.72 Å². The van der Waals surface area contributed by atoms with Crippen LogP contribution >= 0.6 is 0 Å². The van der Waals surface area contributed by atoms with Crippen LogP contribution in [0.3, 0.4) is 0 Å². The van der Waals surface area contributed by atoms with E-state index in [9.17, 15) is 4.79 Å². The molecule has 170 valence electrons. The van der Waals surface area contributed by atoms with Crippen LogP contribution in [0.25, 0.3) is 33.2 Å². The summed E-state index contributed by atoms with van der Waals surface area (Å²) in [6, 6.07) is 26.4. The molecule has 1 amide bonds. The van der Waals surface area contributed by atoms with Crippen molar-refractivity contribution in [2.45, 2.75) is 26.2 Å². The number of nitrogens with zero attached hydrogens (tertiary/aromatic N) is 1. The minimum atomic E-state index is -0.0193. The van der Waals surface area contributed by atoms with E-state index in [-0.39, 0.29) is 5.91 Å². The highest BCUT2D eigenvalue weighted by Crippen LogP contribution is 2.32. The van der Waals surface area contributed by atoms with Crippen molar-refractivity contribution < 1.29 is 9.53 Å². The van der Waals surface area contributed by atoms with Gasteiger partial charge in [-0.2, -0.15) is 0 Å². The number of anilines is 1. The second-order valence-electron chi connectivity index (χ2n) is 8.52. The number of carbonyl (C=O) groups is 1. The predicted molar refractivity (Wildman–Crippen MR) is 138 cm³/mol. The first kappa shape index (κ1) is 21.7. The van der Waals surface area contributed by atoms with Crippen LogP contribution in [0, 0.1) is 6.92 Å². The smallest absolute Gasteiger partial charge is 0.224 e. The molecule has 2 aromatic heterocycles. The third-order valence-electron chi connectivity index (χ3n) is 6.13. The number of methoxy groups -OCH3 is 1. The first-order chi connectivity index (χ1) is 16.6. The number of rotatable bonds is 7. The van der Waals surface area contributed by atoms with E-state index >= 15 is 0 Å². The number of aromatic nitrogens is 2. The van der Waals surface area contributed by atoms with Crippen molar-refractivity contribution in [1.29, 1.82) is 0 Å². The lowest BCUT2D eigenvalue weighted by Gasteiger charge is -2.11. The number of H-pyrrole nitrogens is 1. The largest absolute Gasteiger partial charge is 0.495 e. The molecule has 0 saturated heterocycles. The van der Waals surface area contributed by atoms with Crippen molar-refractivity contribution in [3.63, 3.8) is 0 Å². The zero-order valence-corrected chi connectivity index (χ0v) is 19.4. The molecule has 5 rings (SSSR count). The van der Waals surface area contributed by atoms with E-state index in [2.05, 4.69) is 40.6 Å². The molecule has 0 aliphatic rings. The van der Waals surface area contributed by atoms with Gasteiger partial charge < -0.3 is 15.0 Å². The Hall–Kier alpha value is -4.12. The standard InChI is InChI=1S/C29H27N3O2/c1-19-14-17-27(34-2)26(18-19)31-28(33)13-7-10-22-21-9-4-6-12-24(21)32-29(22)25-16-15-20-8-3-5-11-23(20)30-25/h3-6,8-9,11-12,14-18,32H,7,10,13H2,1-2H3,(H,31,33). The fourth-order valence-electron chi connectivity index (χ4n) is 4.44. The minimum Gasteiger partial charge on any atom is -0.495 e. The Morgan fingerprint density at radius 2 is 1.82 bits per heavy atom. The molecule has 0 spiro atoms. The van der Waals surface area contributed by atoms with Gasteiger partial charge in [0.05, 0.1) is 29.7 Å². The number of pyridine rings is 1. The van der Waals surface area contributed by atoms with Crippen molar-refractivity contribution in [2.75, 3.05) is 12.4 Å². The second-order valence-corrected chi connectivity index (χ2v) is 8.52. The number of amides is 1. The van der Waals surface area contributed by atoms with Gasteiger partial charge >= 0.3 is 0 Å². The van der Waals surface area contributed by atoms with E-state index < -0.39 is 0 Å². The minimum absolute atomic E-state index is 0.0193. The third-order valence-corrected chi connectivity index (χ3v) is 6.13. The Morgan fingerprint density at radius 1 is 1.00 bits per heavy atom. The van der Waals surface area contributed by atoms with E-state index in [1.807, 2.05) is 55.5 Å². The molecule has 0 bridgehead atoms. The molecule has 0 saturated carbocycles. The Morgan fingerprint density at radius 3 is 2.71 bits per heavy atom. The summed E-state index contributed by atoms with van der Waals surface area (Å²) in [5.74, 6) is 0.648. The number of hydrogen-bond acceptors (Lipinski definition) is 3. The Balaban J connectivity index is 1.37. The predicted octanol–water partition coefficient (Wildman–Crippen LogP) is 6.66. The average molecular weight is 450 g/mol. The molecule has 5 nitrogen and oxygen atoms in total. The number of nitrogens with one attached hydrogen (secondary N) is 2. The molecule has 0 fully saturated rings. The molecule has 0 atom stereocenters. The first-order valence-corrected chi connectivity index (χ1v) is 11.5. The molecular formula is C29H27N3O2. The zero-order chi connectivity index (χ0) is 23.5. The van der Waals surface area contributed by atoms with Crippen LogP contribution in [-0.4, -0.2) is 23.0 Å². The van der Waals surface area contributed by atoms with Crippen LogP contribution in [0.15, 0.2) is 78.9 Å². The normalized spacial score (nSPS) is 11.1. The molecule has 5 aromatic rings. The Labute approximate surface area is 198 Å². The van der Waals surface area contributed by atoms with E-state index in [0.717, 1.165) is 46.2 Å². The number of aryl methyl sites for hydroxylation is 2. The highest BCUT2D eigenvalue weighted by molar-refractivity contribution is 5.93. The molecule has 34 heavy (non-hydrogen) atoms. The molecule has 2 heterocycles. The topological polar surface area (TPSA) is 67.0 Å². The first-order valence-electron chi connectivity index (χ1n) is 11.5. The number of hydrogen-bond donors (Lipinski definition) is 2. The van der Waals surface area contributed by atoms with Gasteiger partial charge in [-0.1, -0.05) is 48.5 Å². The van der Waals surface area contributed by atoms with Crippen LogP contribution in [0.4, 0.5) is 5.69 Å². The van der Waals surface area contributed by atoms with Gasteiger partial charge in [0, 0.05) is 22.7 Å². The number of ether oxygens (including phenoxy) is 1. The molecule has 5 heteroatoms. The highest BCUT2D eigenvalue weighted by atomic mass is 16.5. The summed E-state index contributed by atoms with van der Waals surface area (Å²) in [7, 11) is 1.61. The van der Waals surface area contributed by atoms with Crippen molar-refractivity contribution in [3.05, 3.63) is 90.0 Å². The number of carbonyl (C=O) groups excluding carboxylic acids is 1. The summed E-state index contributed by atoms with van der Waals surface area (Å²) in [6.45, 7) is 1.99. The lowest BCUT2D eigenvalue weighted by atomic mass is 10.0. The van der Waals surface area contributed by atoms with Crippen LogP contribution in [0.1, 0.15) is 24.0 Å². The van der Waals surface area contributed by atoms with E-state index in [1.165, 1.54) is 10.9 Å². The van der Waals surface area contributed by atoms with Crippen molar-refractivity contribution >= 4 is 33.4 Å². The average Bonchev–Trinajstić information content (AvgIpc) is 3.22. The molecule has 0 unspecified atom stereocenters. The summed E-state index contributed by atoms with van der Waals surface area (Å²) in [5, 5.41) is 5.29. The fourth-order valence-corrected chi connectivity index (χ4v) is 4.44. The van der Waals surface area contributed by atoms with Gasteiger partial charge in [0.25, 0.3) is 0 Å². The van der Waals surface area contributed by atoms with Gasteiger partial charge in [-0.15, -0.1) is 0 Å². The summed E-state index contributed by atoms with van der Waals surface area (Å²) in [6.07, 6.45) is 1.91. The summed E-state index contributed by atoms with van der Waals surface area (Å²) >= 11 is 0. The van der Waals surface area contributed by atoms with Gasteiger partial charge in [0.1, 0.15) is 5.75 Å². The van der Waals surface area contributed by atoms with Crippen molar-refractivity contribution in [3.8, 4) is 17.1 Å². The van der Waals surface area contributed by atoms with Gasteiger partial charge in [-0.3, -0.25) is 4.79 Å². The van der Waals surface area contributed by atoms with Crippen molar-refractivity contribution in [2.24, 2.45) is 0 Å². The molecule has 3 aromatic carbocycles. The van der Waals surface area contributed by atoms with Gasteiger partial charge in [0.15, 0.2) is 0 Å². The zero-order valence-electron chi connectivity index (χ0n) is 19.4. The molecular weight excluding hydrogens is 422 g/mol. The maximum atomic E-state index is 12.7. The lowest BCUT2D eigenvalue weighted by molar-refractivity contribution is -0.116. The molecule has 2 N–H and O–H groups in total. The fraction of sp³-hybridized carbons (Fsp3) is 0.172. The van der Waals surface area contributed by atoms with Crippen LogP contribution < -0.4 is 10.1 Å². The maximum absolute atomic E-state index is 12.7. The second kappa shape index (κ2) is 9.40.